The number of nitrogens with zero attached hydrogens (tertiary/aromatic N) is 5. The third-order valence-corrected chi connectivity index (χ3v) is 5.02. The summed E-state index contributed by atoms with van der Waals surface area (Å²) in [5.41, 5.74) is 0.767. The lowest BCUT2D eigenvalue weighted by Gasteiger charge is -2.38. The summed E-state index contributed by atoms with van der Waals surface area (Å²) < 4.78 is 43.0. The Hall–Kier alpha value is -2.75. The van der Waals surface area contributed by atoms with Crippen molar-refractivity contribution in [2.75, 3.05) is 33.3 Å². The SMILES string of the molecule is COc1cnc(C(C)N2CCN(C(=O)c3ccc(C(F)(F)F)nc3)CC2)c(C)n1. The van der Waals surface area contributed by atoms with Crippen molar-refractivity contribution >= 4 is 5.91 Å². The first-order valence-electron chi connectivity index (χ1n) is 9.15. The van der Waals surface area contributed by atoms with Gasteiger partial charge in [-0.05, 0) is 26.0 Å². The van der Waals surface area contributed by atoms with E-state index in [1.807, 2.05) is 13.8 Å². The van der Waals surface area contributed by atoms with E-state index in [0.29, 0.717) is 32.1 Å². The number of hydrogen-bond acceptors (Lipinski definition) is 6. The Morgan fingerprint density at radius 1 is 1.14 bits per heavy atom. The summed E-state index contributed by atoms with van der Waals surface area (Å²) in [7, 11) is 1.54. The van der Waals surface area contributed by atoms with Crippen molar-refractivity contribution in [3.8, 4) is 5.88 Å². The van der Waals surface area contributed by atoms with E-state index in [-0.39, 0.29) is 17.5 Å². The Labute approximate surface area is 166 Å². The summed E-state index contributed by atoms with van der Waals surface area (Å²) in [4.78, 5) is 28.6. The lowest BCUT2D eigenvalue weighted by atomic mass is 10.1. The van der Waals surface area contributed by atoms with Crippen LogP contribution in [-0.4, -0.2) is 63.9 Å². The summed E-state index contributed by atoms with van der Waals surface area (Å²) >= 11 is 0. The number of carbonyl (C=O) groups excluding carboxylic acids is 1. The van der Waals surface area contributed by atoms with Gasteiger partial charge in [0.15, 0.2) is 0 Å². The topological polar surface area (TPSA) is 71.5 Å². The molecule has 0 saturated carbocycles. The second-order valence-electron chi connectivity index (χ2n) is 6.82. The minimum Gasteiger partial charge on any atom is -0.480 e. The van der Waals surface area contributed by atoms with E-state index in [1.165, 1.54) is 13.2 Å². The Balaban J connectivity index is 1.62. The van der Waals surface area contributed by atoms with Crippen molar-refractivity contribution in [3.05, 3.63) is 47.2 Å². The van der Waals surface area contributed by atoms with Crippen LogP contribution in [-0.2, 0) is 6.18 Å². The van der Waals surface area contributed by atoms with Gasteiger partial charge in [0.05, 0.1) is 36.3 Å². The van der Waals surface area contributed by atoms with Crippen LogP contribution in [0.25, 0.3) is 0 Å². The molecule has 2 aromatic heterocycles. The third-order valence-electron chi connectivity index (χ3n) is 5.02. The average molecular weight is 409 g/mol. The van der Waals surface area contributed by atoms with Gasteiger partial charge in [0.1, 0.15) is 5.69 Å². The van der Waals surface area contributed by atoms with Crippen LogP contribution >= 0.6 is 0 Å². The monoisotopic (exact) mass is 409 g/mol. The van der Waals surface area contributed by atoms with Crippen LogP contribution in [0.2, 0.25) is 0 Å². The highest BCUT2D eigenvalue weighted by atomic mass is 19.4. The minimum atomic E-state index is -4.52. The fourth-order valence-corrected chi connectivity index (χ4v) is 3.33. The fraction of sp³-hybridized carbons (Fsp3) is 0.474. The number of carbonyl (C=O) groups is 1. The zero-order chi connectivity index (χ0) is 21.2. The molecule has 1 fully saturated rings. The van der Waals surface area contributed by atoms with Crippen LogP contribution in [0.15, 0.2) is 24.5 Å². The fourth-order valence-electron chi connectivity index (χ4n) is 3.33. The molecule has 156 valence electrons. The highest BCUT2D eigenvalue weighted by Gasteiger charge is 2.33. The molecule has 0 spiro atoms. The molecular weight excluding hydrogens is 387 g/mol. The van der Waals surface area contributed by atoms with E-state index in [1.54, 1.807) is 11.1 Å². The van der Waals surface area contributed by atoms with Crippen LogP contribution in [0.3, 0.4) is 0 Å². The van der Waals surface area contributed by atoms with Gasteiger partial charge in [-0.2, -0.15) is 13.2 Å². The number of rotatable bonds is 4. The number of pyridine rings is 1. The quantitative estimate of drug-likeness (QED) is 0.773. The number of hydrogen-bond donors (Lipinski definition) is 0. The maximum atomic E-state index is 12.6. The van der Waals surface area contributed by atoms with Gasteiger partial charge >= 0.3 is 6.18 Å². The zero-order valence-corrected chi connectivity index (χ0v) is 16.4. The van der Waals surface area contributed by atoms with E-state index in [9.17, 15) is 18.0 Å². The number of ether oxygens (including phenoxy) is 1. The summed E-state index contributed by atoms with van der Waals surface area (Å²) in [5.74, 6) is 0.137. The molecule has 1 atom stereocenters. The maximum Gasteiger partial charge on any atom is 0.433 e. The Kier molecular flexibility index (Phi) is 6.02. The highest BCUT2D eigenvalue weighted by molar-refractivity contribution is 5.94. The molecule has 0 aliphatic carbocycles. The lowest BCUT2D eigenvalue weighted by Crippen LogP contribution is -2.49. The van der Waals surface area contributed by atoms with Gasteiger partial charge in [-0.1, -0.05) is 0 Å². The summed E-state index contributed by atoms with van der Waals surface area (Å²) in [6.07, 6.45) is -1.96. The summed E-state index contributed by atoms with van der Waals surface area (Å²) in [5, 5.41) is 0. The van der Waals surface area contributed by atoms with Gasteiger partial charge in [-0.3, -0.25) is 19.7 Å². The van der Waals surface area contributed by atoms with Crippen molar-refractivity contribution in [1.82, 2.24) is 24.8 Å². The second-order valence-corrected chi connectivity index (χ2v) is 6.82. The van der Waals surface area contributed by atoms with E-state index >= 15 is 0 Å². The number of piperazine rings is 1. The molecule has 1 unspecified atom stereocenters. The second kappa shape index (κ2) is 8.32. The van der Waals surface area contributed by atoms with Crippen LogP contribution in [0.4, 0.5) is 13.2 Å². The van der Waals surface area contributed by atoms with Crippen molar-refractivity contribution in [2.45, 2.75) is 26.1 Å². The molecule has 2 aromatic rings. The van der Waals surface area contributed by atoms with Crippen LogP contribution in [0.1, 0.15) is 40.4 Å². The van der Waals surface area contributed by atoms with Crippen molar-refractivity contribution in [3.63, 3.8) is 0 Å². The first-order valence-corrected chi connectivity index (χ1v) is 9.15. The number of halogens is 3. The molecular formula is C19H22F3N5O2. The molecule has 3 rings (SSSR count). The molecule has 0 aromatic carbocycles. The summed E-state index contributed by atoms with van der Waals surface area (Å²) in [6.45, 7) is 6.07. The third kappa shape index (κ3) is 4.64. The van der Waals surface area contributed by atoms with E-state index in [2.05, 4.69) is 19.9 Å². The molecule has 1 saturated heterocycles. The largest absolute Gasteiger partial charge is 0.480 e. The molecule has 29 heavy (non-hydrogen) atoms. The minimum absolute atomic E-state index is 0.0124. The molecule has 1 aliphatic rings. The predicted molar refractivity (Wildman–Crippen MR) is 98.5 cm³/mol. The molecule has 0 radical (unpaired) electrons. The predicted octanol–water partition coefficient (Wildman–Crippen LogP) is 2.73. The van der Waals surface area contributed by atoms with Crippen LogP contribution in [0.5, 0.6) is 5.88 Å². The van der Waals surface area contributed by atoms with Crippen LogP contribution < -0.4 is 4.74 Å². The highest BCUT2D eigenvalue weighted by Crippen LogP contribution is 2.27. The smallest absolute Gasteiger partial charge is 0.433 e. The van der Waals surface area contributed by atoms with Crippen LogP contribution in [0, 0.1) is 6.92 Å². The molecule has 7 nitrogen and oxygen atoms in total. The number of alkyl halides is 3. The van der Waals surface area contributed by atoms with Gasteiger partial charge in [0.2, 0.25) is 5.88 Å². The number of amides is 1. The van der Waals surface area contributed by atoms with Gasteiger partial charge < -0.3 is 9.64 Å². The van der Waals surface area contributed by atoms with Gasteiger partial charge in [0.25, 0.3) is 5.91 Å². The van der Waals surface area contributed by atoms with E-state index in [0.717, 1.165) is 23.7 Å². The molecule has 0 bridgehead atoms. The Morgan fingerprint density at radius 3 is 2.34 bits per heavy atom. The number of aromatic nitrogens is 3. The first kappa shape index (κ1) is 21.0. The van der Waals surface area contributed by atoms with Gasteiger partial charge in [0, 0.05) is 32.4 Å². The molecule has 1 amide bonds. The lowest BCUT2D eigenvalue weighted by molar-refractivity contribution is -0.141. The summed E-state index contributed by atoms with van der Waals surface area (Å²) in [6, 6.07) is 2.01. The number of methoxy groups -OCH3 is 1. The van der Waals surface area contributed by atoms with Crippen molar-refractivity contribution in [2.24, 2.45) is 0 Å². The standard InChI is InChI=1S/C19H22F3N5O2/c1-12-17(24-11-16(25-12)29-3)13(2)26-6-8-27(9-7-26)18(28)14-4-5-15(23-10-14)19(20,21)22/h4-5,10-11,13H,6-9H2,1-3H3. The molecule has 3 heterocycles. The van der Waals surface area contributed by atoms with Gasteiger partial charge in [-0.15, -0.1) is 0 Å². The first-order chi connectivity index (χ1) is 13.7. The zero-order valence-electron chi connectivity index (χ0n) is 16.4. The maximum absolute atomic E-state index is 12.6. The van der Waals surface area contributed by atoms with E-state index < -0.39 is 11.9 Å². The molecule has 1 aliphatic heterocycles. The molecule has 10 heteroatoms. The normalized spacial score (nSPS) is 16.6. The number of aryl methyl sites for hydroxylation is 1. The van der Waals surface area contributed by atoms with Gasteiger partial charge in [-0.25, -0.2) is 4.98 Å². The Morgan fingerprint density at radius 2 is 1.83 bits per heavy atom. The Bertz CT molecular complexity index is 865. The van der Waals surface area contributed by atoms with E-state index in [4.69, 9.17) is 4.74 Å². The van der Waals surface area contributed by atoms with Crippen molar-refractivity contribution in [1.29, 1.82) is 0 Å². The molecule has 0 N–H and O–H groups in total. The van der Waals surface area contributed by atoms with Crippen molar-refractivity contribution < 1.29 is 22.7 Å². The average Bonchev–Trinajstić information content (AvgIpc) is 2.72.